The van der Waals surface area contributed by atoms with Crippen LogP contribution in [0.3, 0.4) is 0 Å². The lowest BCUT2D eigenvalue weighted by Crippen LogP contribution is -2.48. The van der Waals surface area contributed by atoms with E-state index in [4.69, 9.17) is 0 Å². The van der Waals surface area contributed by atoms with E-state index in [-0.39, 0.29) is 5.91 Å². The highest BCUT2D eigenvalue weighted by Gasteiger charge is 2.16. The van der Waals surface area contributed by atoms with E-state index in [0.29, 0.717) is 24.1 Å². The molecule has 2 fully saturated rings. The maximum Gasteiger partial charge on any atom is 0.251 e. The Morgan fingerprint density at radius 3 is 2.44 bits per heavy atom. The Hall–Kier alpha value is -2.51. The third-order valence-electron chi connectivity index (χ3n) is 6.67. The molecule has 2 N–H and O–H groups in total. The summed E-state index contributed by atoms with van der Waals surface area (Å²) >= 11 is 0. The molecule has 2 aromatic rings. The largest absolute Gasteiger partial charge is 0.351 e. The molecule has 7 nitrogen and oxygen atoms in total. The van der Waals surface area contributed by atoms with Gasteiger partial charge in [-0.3, -0.25) is 9.69 Å². The van der Waals surface area contributed by atoms with Gasteiger partial charge < -0.3 is 15.5 Å². The molecule has 1 amide bonds. The van der Waals surface area contributed by atoms with Crippen LogP contribution in [0.25, 0.3) is 11.1 Å². The Bertz CT molecular complexity index is 857. The second kappa shape index (κ2) is 11.4. The fourth-order valence-electron chi connectivity index (χ4n) is 4.58. The summed E-state index contributed by atoms with van der Waals surface area (Å²) in [6, 6.07) is 8.18. The van der Waals surface area contributed by atoms with Crippen molar-refractivity contribution in [1.29, 1.82) is 0 Å². The number of hydrogen-bond donors (Lipinski definition) is 2. The first kappa shape index (κ1) is 22.7. The van der Waals surface area contributed by atoms with Crippen molar-refractivity contribution < 1.29 is 4.79 Å². The summed E-state index contributed by atoms with van der Waals surface area (Å²) < 4.78 is 0. The van der Waals surface area contributed by atoms with Gasteiger partial charge in [0.25, 0.3) is 5.91 Å². The third-order valence-corrected chi connectivity index (χ3v) is 6.67. The van der Waals surface area contributed by atoms with E-state index in [9.17, 15) is 4.79 Å². The lowest BCUT2D eigenvalue weighted by atomic mass is 9.96. The van der Waals surface area contributed by atoms with E-state index in [1.54, 1.807) is 0 Å². The Morgan fingerprint density at radius 1 is 1.00 bits per heavy atom. The van der Waals surface area contributed by atoms with E-state index in [1.165, 1.54) is 32.1 Å². The SMILES string of the molecule is CCN1CCN(CCNC(=O)c2cccc(-c3cnc(NC4CCCCC4)nc3)c2)CC1. The fraction of sp³-hybridized carbons (Fsp3) is 0.560. The van der Waals surface area contributed by atoms with Crippen LogP contribution >= 0.6 is 0 Å². The number of likely N-dealkylation sites (N-methyl/N-ethyl adjacent to an activating group) is 1. The molecule has 0 bridgehead atoms. The second-order valence-corrected chi connectivity index (χ2v) is 8.89. The first-order valence-corrected chi connectivity index (χ1v) is 12.1. The monoisotopic (exact) mass is 436 g/mol. The van der Waals surface area contributed by atoms with Gasteiger partial charge in [0.2, 0.25) is 5.95 Å². The van der Waals surface area contributed by atoms with Gasteiger partial charge in [-0.1, -0.05) is 38.3 Å². The Balaban J connectivity index is 1.28. The van der Waals surface area contributed by atoms with Gasteiger partial charge in [-0.25, -0.2) is 9.97 Å². The highest BCUT2D eigenvalue weighted by molar-refractivity contribution is 5.95. The quantitative estimate of drug-likeness (QED) is 0.662. The highest BCUT2D eigenvalue weighted by atomic mass is 16.1. The van der Waals surface area contributed by atoms with Crippen molar-refractivity contribution in [3.63, 3.8) is 0 Å². The van der Waals surface area contributed by atoms with E-state index in [2.05, 4.69) is 37.3 Å². The topological polar surface area (TPSA) is 73.4 Å². The van der Waals surface area contributed by atoms with Crippen molar-refractivity contribution in [2.75, 3.05) is 51.1 Å². The van der Waals surface area contributed by atoms with Gasteiger partial charge in [0.05, 0.1) is 0 Å². The average Bonchev–Trinajstić information content (AvgIpc) is 2.85. The van der Waals surface area contributed by atoms with Crippen LogP contribution in [-0.4, -0.2) is 77.5 Å². The number of amides is 1. The normalized spacial score (nSPS) is 18.4. The summed E-state index contributed by atoms with van der Waals surface area (Å²) in [5, 5.41) is 6.52. The zero-order valence-corrected chi connectivity index (χ0v) is 19.2. The van der Waals surface area contributed by atoms with E-state index in [1.807, 2.05) is 36.7 Å². The Morgan fingerprint density at radius 2 is 1.72 bits per heavy atom. The van der Waals surface area contributed by atoms with Crippen molar-refractivity contribution in [2.24, 2.45) is 0 Å². The van der Waals surface area contributed by atoms with Crippen LogP contribution < -0.4 is 10.6 Å². The molecule has 1 saturated heterocycles. The van der Waals surface area contributed by atoms with Crippen LogP contribution in [0.4, 0.5) is 5.95 Å². The molecular weight excluding hydrogens is 400 g/mol. The first-order chi connectivity index (χ1) is 15.7. The van der Waals surface area contributed by atoms with Crippen LogP contribution in [0.1, 0.15) is 49.4 Å². The minimum Gasteiger partial charge on any atom is -0.351 e. The number of carbonyl (C=O) groups excluding carboxylic acids is 1. The predicted molar refractivity (Wildman–Crippen MR) is 129 cm³/mol. The number of nitrogens with one attached hydrogen (secondary N) is 2. The predicted octanol–water partition coefficient (Wildman–Crippen LogP) is 3.26. The van der Waals surface area contributed by atoms with Crippen LogP contribution in [0.2, 0.25) is 0 Å². The van der Waals surface area contributed by atoms with Gasteiger partial charge in [0, 0.05) is 68.8 Å². The van der Waals surface area contributed by atoms with Crippen molar-refractivity contribution in [2.45, 2.75) is 45.1 Å². The van der Waals surface area contributed by atoms with E-state index in [0.717, 1.165) is 50.4 Å². The standard InChI is InChI=1S/C25H36N6O/c1-2-30-13-15-31(16-14-30)12-11-26-24(32)21-8-6-7-20(17-21)22-18-27-25(28-19-22)29-23-9-4-3-5-10-23/h6-8,17-19,23H,2-5,9-16H2,1H3,(H,26,32)(H,27,28,29). The van der Waals surface area contributed by atoms with Crippen LogP contribution in [0.15, 0.2) is 36.7 Å². The molecule has 0 unspecified atom stereocenters. The van der Waals surface area contributed by atoms with Crippen LogP contribution in [0.5, 0.6) is 0 Å². The molecule has 32 heavy (non-hydrogen) atoms. The van der Waals surface area contributed by atoms with Gasteiger partial charge in [-0.15, -0.1) is 0 Å². The van der Waals surface area contributed by atoms with Gasteiger partial charge in [0.15, 0.2) is 0 Å². The summed E-state index contributed by atoms with van der Waals surface area (Å²) in [5.74, 6) is 0.657. The van der Waals surface area contributed by atoms with Crippen molar-refractivity contribution in [3.8, 4) is 11.1 Å². The number of nitrogens with zero attached hydrogens (tertiary/aromatic N) is 4. The lowest BCUT2D eigenvalue weighted by molar-refractivity contribution is 0.0938. The highest BCUT2D eigenvalue weighted by Crippen LogP contribution is 2.22. The lowest BCUT2D eigenvalue weighted by Gasteiger charge is -2.33. The minimum absolute atomic E-state index is 0.0319. The summed E-state index contributed by atoms with van der Waals surface area (Å²) in [6.45, 7) is 9.26. The number of piperazine rings is 1. The molecule has 1 aliphatic carbocycles. The number of carbonyl (C=O) groups is 1. The molecule has 172 valence electrons. The zero-order chi connectivity index (χ0) is 22.2. The molecule has 4 rings (SSSR count). The molecule has 2 aliphatic rings. The minimum atomic E-state index is -0.0319. The van der Waals surface area contributed by atoms with Crippen molar-refractivity contribution in [1.82, 2.24) is 25.1 Å². The van der Waals surface area contributed by atoms with Gasteiger partial charge in [-0.2, -0.15) is 0 Å². The van der Waals surface area contributed by atoms with Gasteiger partial charge in [0.1, 0.15) is 0 Å². The molecular formula is C25H36N6O. The smallest absolute Gasteiger partial charge is 0.251 e. The zero-order valence-electron chi connectivity index (χ0n) is 19.2. The van der Waals surface area contributed by atoms with Gasteiger partial charge >= 0.3 is 0 Å². The molecule has 2 heterocycles. The molecule has 0 spiro atoms. The average molecular weight is 437 g/mol. The number of hydrogen-bond acceptors (Lipinski definition) is 6. The molecule has 7 heteroatoms. The Kier molecular flexibility index (Phi) is 8.07. The number of benzene rings is 1. The molecule has 1 saturated carbocycles. The molecule has 1 aliphatic heterocycles. The van der Waals surface area contributed by atoms with Gasteiger partial charge in [-0.05, 0) is 37.1 Å². The van der Waals surface area contributed by atoms with Crippen molar-refractivity contribution in [3.05, 3.63) is 42.2 Å². The maximum atomic E-state index is 12.7. The summed E-state index contributed by atoms with van der Waals surface area (Å²) in [4.78, 5) is 26.6. The van der Waals surface area contributed by atoms with Crippen LogP contribution in [-0.2, 0) is 0 Å². The van der Waals surface area contributed by atoms with Crippen LogP contribution in [0, 0.1) is 0 Å². The van der Waals surface area contributed by atoms with Crippen molar-refractivity contribution >= 4 is 11.9 Å². The second-order valence-electron chi connectivity index (χ2n) is 8.89. The number of aromatic nitrogens is 2. The van der Waals surface area contributed by atoms with E-state index < -0.39 is 0 Å². The summed E-state index contributed by atoms with van der Waals surface area (Å²) in [6.07, 6.45) is 9.95. The summed E-state index contributed by atoms with van der Waals surface area (Å²) in [7, 11) is 0. The first-order valence-electron chi connectivity index (χ1n) is 12.1. The number of anilines is 1. The molecule has 0 radical (unpaired) electrons. The third kappa shape index (κ3) is 6.26. The molecule has 1 aromatic carbocycles. The fourth-order valence-corrected chi connectivity index (χ4v) is 4.58. The number of rotatable bonds is 8. The maximum absolute atomic E-state index is 12.7. The summed E-state index contributed by atoms with van der Waals surface area (Å²) in [5.41, 5.74) is 2.54. The Labute approximate surface area is 191 Å². The van der Waals surface area contributed by atoms with E-state index >= 15 is 0 Å². The molecule has 0 atom stereocenters. The molecule has 1 aromatic heterocycles.